The summed E-state index contributed by atoms with van der Waals surface area (Å²) in [5.74, 6) is -1.59. The normalized spacial score (nSPS) is 20.5. The molecule has 2 atom stereocenters. The lowest BCUT2D eigenvalue weighted by Gasteiger charge is -2.34. The van der Waals surface area contributed by atoms with Gasteiger partial charge in [0.25, 0.3) is 0 Å². The molecule has 0 aromatic carbocycles. The molecule has 1 rings (SSSR count). The van der Waals surface area contributed by atoms with Crippen LogP contribution in [0, 0.1) is 0 Å². The van der Waals surface area contributed by atoms with Crippen LogP contribution in [-0.4, -0.2) is 65.3 Å². The minimum atomic E-state index is -1.36. The van der Waals surface area contributed by atoms with E-state index in [-0.39, 0.29) is 5.91 Å². The monoisotopic (exact) mass is 273 g/mol. The summed E-state index contributed by atoms with van der Waals surface area (Å²) in [5.41, 5.74) is 0. The SMILES string of the molecule is CNC(=O)C1CCCCN1C(=O)N[C@H](CO)C(=O)O. The van der Waals surface area contributed by atoms with Crippen molar-refractivity contribution in [3.63, 3.8) is 0 Å². The number of rotatable bonds is 4. The summed E-state index contributed by atoms with van der Waals surface area (Å²) >= 11 is 0. The van der Waals surface area contributed by atoms with E-state index in [2.05, 4.69) is 10.6 Å². The van der Waals surface area contributed by atoms with Crippen molar-refractivity contribution in [3.8, 4) is 0 Å². The van der Waals surface area contributed by atoms with Crippen molar-refractivity contribution in [2.75, 3.05) is 20.2 Å². The van der Waals surface area contributed by atoms with Crippen molar-refractivity contribution in [2.24, 2.45) is 0 Å². The van der Waals surface area contributed by atoms with E-state index in [1.54, 1.807) is 0 Å². The standard InChI is InChI=1S/C11H19N3O5/c1-12-9(16)8-4-2-3-5-14(8)11(19)13-7(6-15)10(17)18/h7-8,15H,2-6H2,1H3,(H,12,16)(H,13,19)(H,17,18)/t7-,8?/m1/s1. The molecule has 1 heterocycles. The lowest BCUT2D eigenvalue weighted by atomic mass is 10.0. The van der Waals surface area contributed by atoms with Crippen LogP contribution in [0.25, 0.3) is 0 Å². The summed E-state index contributed by atoms with van der Waals surface area (Å²) < 4.78 is 0. The third-order valence-corrected chi connectivity index (χ3v) is 3.09. The average molecular weight is 273 g/mol. The van der Waals surface area contributed by atoms with Gasteiger partial charge in [-0.2, -0.15) is 0 Å². The molecule has 1 unspecified atom stereocenters. The zero-order valence-electron chi connectivity index (χ0n) is 10.8. The van der Waals surface area contributed by atoms with Crippen molar-refractivity contribution < 1.29 is 24.6 Å². The summed E-state index contributed by atoms with van der Waals surface area (Å²) in [4.78, 5) is 35.7. The number of aliphatic hydroxyl groups is 1. The highest BCUT2D eigenvalue weighted by atomic mass is 16.4. The van der Waals surface area contributed by atoms with Crippen LogP contribution in [0.2, 0.25) is 0 Å². The average Bonchev–Trinajstić information content (AvgIpc) is 2.43. The predicted molar refractivity (Wildman–Crippen MR) is 65.5 cm³/mol. The van der Waals surface area contributed by atoms with Crippen molar-refractivity contribution >= 4 is 17.9 Å². The molecular weight excluding hydrogens is 254 g/mol. The van der Waals surface area contributed by atoms with Gasteiger partial charge in [0, 0.05) is 13.6 Å². The first-order valence-electron chi connectivity index (χ1n) is 6.13. The van der Waals surface area contributed by atoms with E-state index < -0.39 is 30.7 Å². The van der Waals surface area contributed by atoms with Gasteiger partial charge < -0.3 is 25.7 Å². The molecule has 8 heteroatoms. The summed E-state index contributed by atoms with van der Waals surface area (Å²) in [5, 5.41) is 22.3. The van der Waals surface area contributed by atoms with Crippen LogP contribution in [0.15, 0.2) is 0 Å². The summed E-state index contributed by atoms with van der Waals surface area (Å²) in [6.45, 7) is -0.304. The molecule has 0 saturated carbocycles. The molecular formula is C11H19N3O5. The Balaban J connectivity index is 2.71. The number of hydrogen-bond acceptors (Lipinski definition) is 4. The van der Waals surface area contributed by atoms with Crippen molar-refractivity contribution in [2.45, 2.75) is 31.3 Å². The van der Waals surface area contributed by atoms with Gasteiger partial charge in [0.1, 0.15) is 6.04 Å². The molecule has 1 aliphatic heterocycles. The molecule has 0 spiro atoms. The third-order valence-electron chi connectivity index (χ3n) is 3.09. The van der Waals surface area contributed by atoms with Crippen LogP contribution in [-0.2, 0) is 9.59 Å². The number of urea groups is 1. The molecule has 1 fully saturated rings. The number of nitrogens with zero attached hydrogens (tertiary/aromatic N) is 1. The lowest BCUT2D eigenvalue weighted by molar-refractivity contribution is -0.140. The number of amides is 3. The molecule has 0 aromatic heterocycles. The Morgan fingerprint density at radius 2 is 2.05 bits per heavy atom. The second-order valence-electron chi connectivity index (χ2n) is 4.34. The smallest absolute Gasteiger partial charge is 0.328 e. The topological polar surface area (TPSA) is 119 Å². The fourth-order valence-electron chi connectivity index (χ4n) is 2.03. The van der Waals surface area contributed by atoms with Crippen LogP contribution in [0.5, 0.6) is 0 Å². The highest BCUT2D eigenvalue weighted by molar-refractivity contribution is 5.88. The molecule has 0 bridgehead atoms. The number of likely N-dealkylation sites (N-methyl/N-ethyl adjacent to an activating group) is 1. The Kier molecular flexibility index (Phi) is 5.56. The van der Waals surface area contributed by atoms with Crippen molar-refractivity contribution in [1.82, 2.24) is 15.5 Å². The van der Waals surface area contributed by atoms with Gasteiger partial charge in [-0.3, -0.25) is 4.79 Å². The Hall–Kier alpha value is -1.83. The molecule has 108 valence electrons. The fourth-order valence-corrected chi connectivity index (χ4v) is 2.03. The number of carboxylic acids is 1. The van der Waals surface area contributed by atoms with Gasteiger partial charge in [-0.15, -0.1) is 0 Å². The highest BCUT2D eigenvalue weighted by Gasteiger charge is 2.33. The minimum Gasteiger partial charge on any atom is -0.480 e. The number of likely N-dealkylation sites (tertiary alicyclic amines) is 1. The van der Waals surface area contributed by atoms with Gasteiger partial charge in [-0.05, 0) is 19.3 Å². The van der Waals surface area contributed by atoms with Gasteiger partial charge in [0.05, 0.1) is 6.61 Å². The highest BCUT2D eigenvalue weighted by Crippen LogP contribution is 2.17. The number of hydrogen-bond donors (Lipinski definition) is 4. The first-order chi connectivity index (χ1) is 9.01. The Bertz CT molecular complexity index is 360. The molecule has 0 aliphatic carbocycles. The molecule has 0 aromatic rings. The van der Waals surface area contributed by atoms with E-state index in [1.165, 1.54) is 11.9 Å². The molecule has 0 radical (unpaired) electrons. The molecule has 19 heavy (non-hydrogen) atoms. The fraction of sp³-hybridized carbons (Fsp3) is 0.727. The predicted octanol–water partition coefficient (Wildman–Crippen LogP) is -1.26. The number of aliphatic hydroxyl groups excluding tert-OH is 1. The van der Waals surface area contributed by atoms with E-state index in [1.807, 2.05) is 0 Å². The Morgan fingerprint density at radius 3 is 2.58 bits per heavy atom. The summed E-state index contributed by atoms with van der Waals surface area (Å²) in [6.07, 6.45) is 2.14. The number of aliphatic carboxylic acids is 1. The molecule has 8 nitrogen and oxygen atoms in total. The van der Waals surface area contributed by atoms with Crippen LogP contribution in [0.1, 0.15) is 19.3 Å². The lowest BCUT2D eigenvalue weighted by Crippen LogP contribution is -2.57. The zero-order valence-corrected chi connectivity index (χ0v) is 10.8. The Morgan fingerprint density at radius 1 is 1.37 bits per heavy atom. The largest absolute Gasteiger partial charge is 0.480 e. The maximum atomic E-state index is 12.0. The van der Waals surface area contributed by atoms with Crippen molar-refractivity contribution in [1.29, 1.82) is 0 Å². The number of piperidine rings is 1. The van der Waals surface area contributed by atoms with Gasteiger partial charge in [-0.1, -0.05) is 0 Å². The first kappa shape index (κ1) is 15.2. The van der Waals surface area contributed by atoms with E-state index in [4.69, 9.17) is 10.2 Å². The molecule has 1 saturated heterocycles. The maximum Gasteiger partial charge on any atom is 0.328 e. The van der Waals surface area contributed by atoms with Gasteiger partial charge in [-0.25, -0.2) is 9.59 Å². The van der Waals surface area contributed by atoms with E-state index >= 15 is 0 Å². The van der Waals surface area contributed by atoms with Crippen LogP contribution in [0.3, 0.4) is 0 Å². The second-order valence-corrected chi connectivity index (χ2v) is 4.34. The van der Waals surface area contributed by atoms with Crippen LogP contribution in [0.4, 0.5) is 4.79 Å². The zero-order chi connectivity index (χ0) is 14.4. The van der Waals surface area contributed by atoms with Crippen LogP contribution >= 0.6 is 0 Å². The van der Waals surface area contributed by atoms with E-state index in [0.29, 0.717) is 13.0 Å². The maximum absolute atomic E-state index is 12.0. The summed E-state index contributed by atoms with van der Waals surface area (Å²) in [7, 11) is 1.49. The molecule has 3 amide bonds. The summed E-state index contributed by atoms with van der Waals surface area (Å²) in [6, 6.07) is -2.60. The molecule has 1 aliphatic rings. The van der Waals surface area contributed by atoms with Crippen molar-refractivity contribution in [3.05, 3.63) is 0 Å². The van der Waals surface area contributed by atoms with Gasteiger partial charge in [0.15, 0.2) is 6.04 Å². The Labute approximate surface area is 110 Å². The number of carboxylic acid groups (broad SMARTS) is 1. The van der Waals surface area contributed by atoms with Crippen LogP contribution < -0.4 is 10.6 Å². The van der Waals surface area contributed by atoms with Gasteiger partial charge in [0.2, 0.25) is 5.91 Å². The minimum absolute atomic E-state index is 0.272. The second kappa shape index (κ2) is 6.93. The first-order valence-corrected chi connectivity index (χ1v) is 6.13. The number of carbonyl (C=O) groups excluding carboxylic acids is 2. The number of nitrogens with one attached hydrogen (secondary N) is 2. The van der Waals surface area contributed by atoms with E-state index in [9.17, 15) is 14.4 Å². The third kappa shape index (κ3) is 3.82. The number of carbonyl (C=O) groups is 3. The molecule has 4 N–H and O–H groups in total. The van der Waals surface area contributed by atoms with E-state index in [0.717, 1.165) is 12.8 Å². The quantitative estimate of drug-likeness (QED) is 0.510. The van der Waals surface area contributed by atoms with Gasteiger partial charge >= 0.3 is 12.0 Å².